The highest BCUT2D eigenvalue weighted by molar-refractivity contribution is 5.97. The normalized spacial score (nSPS) is 12.1. The topological polar surface area (TPSA) is 76.4 Å². The van der Waals surface area contributed by atoms with E-state index in [0.717, 1.165) is 10.9 Å². The van der Waals surface area contributed by atoms with Gasteiger partial charge in [0, 0.05) is 24.0 Å². The first-order chi connectivity index (χ1) is 10.7. The third-order valence-electron chi connectivity index (χ3n) is 3.41. The van der Waals surface area contributed by atoms with Crippen molar-refractivity contribution in [3.63, 3.8) is 0 Å². The monoisotopic (exact) mass is 297 g/mol. The van der Waals surface area contributed by atoms with Gasteiger partial charge in [0.2, 0.25) is 5.88 Å². The van der Waals surface area contributed by atoms with Gasteiger partial charge in [-0.1, -0.05) is 12.1 Å². The number of carbonyl (C=O) groups is 1. The molecule has 6 heteroatoms. The molecule has 0 saturated heterocycles. The van der Waals surface area contributed by atoms with Crippen LogP contribution in [0.3, 0.4) is 0 Å². The van der Waals surface area contributed by atoms with Gasteiger partial charge in [-0.2, -0.15) is 0 Å². The molecule has 6 nitrogen and oxygen atoms in total. The van der Waals surface area contributed by atoms with Crippen LogP contribution in [0.1, 0.15) is 23.5 Å². The highest BCUT2D eigenvalue weighted by atomic mass is 16.5. The number of hydrogen-bond acceptors (Lipinski definition) is 4. The molecule has 0 saturated carbocycles. The van der Waals surface area contributed by atoms with Gasteiger partial charge in [0.05, 0.1) is 5.52 Å². The van der Waals surface area contributed by atoms with Gasteiger partial charge in [0.15, 0.2) is 6.23 Å². The van der Waals surface area contributed by atoms with E-state index in [2.05, 4.69) is 4.98 Å². The summed E-state index contributed by atoms with van der Waals surface area (Å²) in [4.78, 5) is 15.7. The van der Waals surface area contributed by atoms with Crippen molar-refractivity contribution in [3.8, 4) is 5.88 Å². The predicted octanol–water partition coefficient (Wildman–Crippen LogP) is 2.75. The average Bonchev–Trinajstić information content (AvgIpc) is 2.98. The number of carbonyl (C=O) groups excluding carboxylic acids is 1. The van der Waals surface area contributed by atoms with Crippen molar-refractivity contribution >= 4 is 16.8 Å². The smallest absolute Gasteiger partial charge is 0.274 e. The lowest BCUT2D eigenvalue weighted by Gasteiger charge is -2.17. The van der Waals surface area contributed by atoms with Crippen molar-refractivity contribution in [2.45, 2.75) is 13.2 Å². The van der Waals surface area contributed by atoms with Crippen LogP contribution in [-0.2, 0) is 0 Å². The SMILES string of the molecule is CC(Oc1ccccn1)n1ccc2ccc(C(=O)NO)cc21. The van der Waals surface area contributed by atoms with Crippen molar-refractivity contribution in [3.05, 3.63) is 60.4 Å². The summed E-state index contributed by atoms with van der Waals surface area (Å²) in [5.41, 5.74) is 2.85. The number of ether oxygens (including phenoxy) is 1. The molecule has 22 heavy (non-hydrogen) atoms. The van der Waals surface area contributed by atoms with Crippen LogP contribution in [-0.4, -0.2) is 20.7 Å². The van der Waals surface area contributed by atoms with Crippen LogP contribution >= 0.6 is 0 Å². The molecule has 0 radical (unpaired) electrons. The Morgan fingerprint density at radius 3 is 2.91 bits per heavy atom. The van der Waals surface area contributed by atoms with Crippen LogP contribution in [0, 0.1) is 0 Å². The van der Waals surface area contributed by atoms with Crippen molar-refractivity contribution < 1.29 is 14.7 Å². The lowest BCUT2D eigenvalue weighted by atomic mass is 10.1. The molecule has 1 atom stereocenters. The Bertz CT molecular complexity index is 799. The first kappa shape index (κ1) is 14.1. The summed E-state index contributed by atoms with van der Waals surface area (Å²) in [6.45, 7) is 1.90. The molecule has 2 aromatic heterocycles. The summed E-state index contributed by atoms with van der Waals surface area (Å²) < 4.78 is 7.70. The number of aromatic nitrogens is 2. The molecule has 0 spiro atoms. The molecule has 3 aromatic rings. The summed E-state index contributed by atoms with van der Waals surface area (Å²) in [5, 5.41) is 9.72. The molecular formula is C16H15N3O3. The molecule has 3 rings (SSSR count). The number of benzene rings is 1. The Hall–Kier alpha value is -2.86. The summed E-state index contributed by atoms with van der Waals surface area (Å²) in [5.74, 6) is -0.0194. The van der Waals surface area contributed by atoms with E-state index in [1.807, 2.05) is 42.0 Å². The lowest BCUT2D eigenvalue weighted by Crippen LogP contribution is -2.18. The zero-order valence-corrected chi connectivity index (χ0v) is 11.9. The highest BCUT2D eigenvalue weighted by Crippen LogP contribution is 2.23. The quantitative estimate of drug-likeness (QED) is 0.573. The number of nitrogens with zero attached hydrogens (tertiary/aromatic N) is 2. The Morgan fingerprint density at radius 2 is 2.18 bits per heavy atom. The maximum atomic E-state index is 11.5. The van der Waals surface area contributed by atoms with Crippen LogP contribution in [0.15, 0.2) is 54.9 Å². The first-order valence-electron chi connectivity index (χ1n) is 6.82. The summed E-state index contributed by atoms with van der Waals surface area (Å²) in [7, 11) is 0. The van der Waals surface area contributed by atoms with E-state index >= 15 is 0 Å². The summed E-state index contributed by atoms with van der Waals surface area (Å²) >= 11 is 0. The van der Waals surface area contributed by atoms with Gasteiger partial charge in [0.25, 0.3) is 5.91 Å². The number of amides is 1. The Morgan fingerprint density at radius 1 is 1.32 bits per heavy atom. The van der Waals surface area contributed by atoms with Gasteiger partial charge in [-0.05, 0) is 36.6 Å². The van der Waals surface area contributed by atoms with Crippen LogP contribution < -0.4 is 10.2 Å². The third-order valence-corrected chi connectivity index (χ3v) is 3.41. The zero-order chi connectivity index (χ0) is 15.5. The first-order valence-corrected chi connectivity index (χ1v) is 6.82. The fourth-order valence-corrected chi connectivity index (χ4v) is 2.32. The fraction of sp³-hybridized carbons (Fsp3) is 0.125. The number of rotatable bonds is 4. The maximum absolute atomic E-state index is 11.5. The van der Waals surface area contributed by atoms with E-state index in [9.17, 15) is 4.79 Å². The summed E-state index contributed by atoms with van der Waals surface area (Å²) in [6, 6.07) is 12.6. The minimum absolute atomic E-state index is 0.292. The second-order valence-corrected chi connectivity index (χ2v) is 4.82. The molecule has 0 aliphatic heterocycles. The number of nitrogens with one attached hydrogen (secondary N) is 1. The van der Waals surface area contributed by atoms with Gasteiger partial charge >= 0.3 is 0 Å². The molecule has 0 aliphatic carbocycles. The van der Waals surface area contributed by atoms with Gasteiger partial charge in [-0.15, -0.1) is 0 Å². The number of pyridine rings is 1. The van der Waals surface area contributed by atoms with Crippen LogP contribution in [0.2, 0.25) is 0 Å². The largest absolute Gasteiger partial charge is 0.454 e. The number of fused-ring (bicyclic) bond motifs is 1. The Kier molecular flexibility index (Phi) is 3.76. The molecule has 0 bridgehead atoms. The van der Waals surface area contributed by atoms with Crippen LogP contribution in [0.25, 0.3) is 10.9 Å². The van der Waals surface area contributed by atoms with E-state index in [4.69, 9.17) is 9.94 Å². The molecule has 1 amide bonds. The van der Waals surface area contributed by atoms with E-state index in [0.29, 0.717) is 11.4 Å². The summed E-state index contributed by atoms with van der Waals surface area (Å²) in [6.07, 6.45) is 3.26. The Labute approximate surface area is 126 Å². The molecule has 0 fully saturated rings. The van der Waals surface area contributed by atoms with Crippen LogP contribution in [0.5, 0.6) is 5.88 Å². The van der Waals surface area contributed by atoms with E-state index in [1.165, 1.54) is 0 Å². The molecule has 2 N–H and O–H groups in total. The van der Waals surface area contributed by atoms with Crippen LogP contribution in [0.4, 0.5) is 0 Å². The van der Waals surface area contributed by atoms with Gasteiger partial charge < -0.3 is 9.30 Å². The zero-order valence-electron chi connectivity index (χ0n) is 11.9. The van der Waals surface area contributed by atoms with Crippen molar-refractivity contribution in [1.82, 2.24) is 15.0 Å². The number of hydroxylamine groups is 1. The van der Waals surface area contributed by atoms with E-state index in [1.54, 1.807) is 29.9 Å². The molecule has 2 heterocycles. The molecule has 1 unspecified atom stereocenters. The Balaban J connectivity index is 1.94. The van der Waals surface area contributed by atoms with E-state index < -0.39 is 5.91 Å². The standard InChI is InChI=1S/C16H15N3O3/c1-11(22-15-4-2-3-8-17-15)19-9-7-12-5-6-13(10-14(12)19)16(20)18-21/h2-11,21H,1H3,(H,18,20). The fourth-order valence-electron chi connectivity index (χ4n) is 2.32. The van der Waals surface area contributed by atoms with Gasteiger partial charge in [-0.3, -0.25) is 10.0 Å². The highest BCUT2D eigenvalue weighted by Gasteiger charge is 2.12. The average molecular weight is 297 g/mol. The third kappa shape index (κ3) is 2.64. The van der Waals surface area contributed by atoms with Crippen molar-refractivity contribution in [2.24, 2.45) is 0 Å². The van der Waals surface area contributed by atoms with E-state index in [-0.39, 0.29) is 6.23 Å². The van der Waals surface area contributed by atoms with Gasteiger partial charge in [-0.25, -0.2) is 10.5 Å². The molecule has 0 aliphatic rings. The minimum Gasteiger partial charge on any atom is -0.454 e. The molecule has 1 aromatic carbocycles. The van der Waals surface area contributed by atoms with Gasteiger partial charge in [0.1, 0.15) is 0 Å². The number of hydrogen-bond donors (Lipinski definition) is 2. The minimum atomic E-state index is -0.548. The second kappa shape index (κ2) is 5.87. The van der Waals surface area contributed by atoms with Crippen molar-refractivity contribution in [2.75, 3.05) is 0 Å². The maximum Gasteiger partial charge on any atom is 0.274 e. The second-order valence-electron chi connectivity index (χ2n) is 4.82. The molecule has 112 valence electrons. The predicted molar refractivity (Wildman–Crippen MR) is 80.8 cm³/mol. The molecular weight excluding hydrogens is 282 g/mol. The lowest BCUT2D eigenvalue weighted by molar-refractivity contribution is 0.0706. The van der Waals surface area contributed by atoms with Crippen molar-refractivity contribution in [1.29, 1.82) is 0 Å².